The van der Waals surface area contributed by atoms with Crippen molar-refractivity contribution in [3.8, 4) is 22.4 Å². The maximum atomic E-state index is 5.37. The third-order valence-electron chi connectivity index (χ3n) is 9.17. The average molecular weight is 546 g/mol. The number of benzene rings is 4. The van der Waals surface area contributed by atoms with E-state index in [-0.39, 0.29) is 0 Å². The van der Waals surface area contributed by atoms with Crippen LogP contribution in [-0.2, 0) is 0 Å². The third-order valence-corrected chi connectivity index (χ3v) is 10.8. The van der Waals surface area contributed by atoms with Gasteiger partial charge in [-0.2, -0.15) is 0 Å². The van der Waals surface area contributed by atoms with Crippen LogP contribution in [0.25, 0.3) is 44.9 Å². The number of aromatic nitrogens is 1. The zero-order valence-corrected chi connectivity index (χ0v) is 24.3. The van der Waals surface area contributed by atoms with E-state index in [0.717, 1.165) is 17.6 Å². The SMILES string of the molecule is C=C/C=C(\CC)c1cccc2c1-c1cc(-c3ccc4ccc5c(c4n3)PC(c3ccccc3)C=C5)ccc1C1CC21. The van der Waals surface area contributed by atoms with Crippen molar-refractivity contribution in [2.24, 2.45) is 0 Å². The van der Waals surface area contributed by atoms with E-state index in [1.165, 1.54) is 67.2 Å². The molecule has 3 aliphatic rings. The molecule has 0 N–H and O–H groups in total. The van der Waals surface area contributed by atoms with Crippen LogP contribution in [0.3, 0.4) is 0 Å². The van der Waals surface area contributed by atoms with Crippen LogP contribution in [0.5, 0.6) is 0 Å². The fraction of sp³-hybridized carbons (Fsp3) is 0.154. The Balaban J connectivity index is 1.26. The second kappa shape index (κ2) is 9.79. The van der Waals surface area contributed by atoms with E-state index < -0.39 is 0 Å². The first kappa shape index (κ1) is 24.7. The third kappa shape index (κ3) is 4.06. The number of fused-ring (bicyclic) bond motifs is 9. The number of hydrogen-bond acceptors (Lipinski definition) is 1. The average Bonchev–Trinajstić information content (AvgIpc) is 3.85. The van der Waals surface area contributed by atoms with E-state index in [0.29, 0.717) is 26.1 Å². The largest absolute Gasteiger partial charge is 0.247 e. The highest BCUT2D eigenvalue weighted by molar-refractivity contribution is 7.49. The van der Waals surface area contributed by atoms with Gasteiger partial charge in [0.25, 0.3) is 0 Å². The van der Waals surface area contributed by atoms with Crippen LogP contribution >= 0.6 is 8.58 Å². The van der Waals surface area contributed by atoms with Crippen molar-refractivity contribution in [2.75, 3.05) is 0 Å². The predicted octanol–water partition coefficient (Wildman–Crippen LogP) is 10.2. The monoisotopic (exact) mass is 545 g/mol. The lowest BCUT2D eigenvalue weighted by Crippen LogP contribution is -2.10. The number of hydrogen-bond donors (Lipinski definition) is 0. The van der Waals surface area contributed by atoms with Gasteiger partial charge in [0.1, 0.15) is 0 Å². The Bertz CT molecular complexity index is 1910. The van der Waals surface area contributed by atoms with Gasteiger partial charge in [0.05, 0.1) is 11.2 Å². The topological polar surface area (TPSA) is 12.9 Å². The van der Waals surface area contributed by atoms with Gasteiger partial charge in [-0.3, -0.25) is 0 Å². The van der Waals surface area contributed by atoms with Gasteiger partial charge in [-0.25, -0.2) is 4.98 Å². The van der Waals surface area contributed by atoms with Crippen molar-refractivity contribution >= 4 is 36.4 Å². The van der Waals surface area contributed by atoms with Crippen LogP contribution in [-0.4, -0.2) is 4.98 Å². The van der Waals surface area contributed by atoms with Crippen molar-refractivity contribution in [1.29, 1.82) is 0 Å². The van der Waals surface area contributed by atoms with Crippen LogP contribution in [0.4, 0.5) is 0 Å². The summed E-state index contributed by atoms with van der Waals surface area (Å²) in [6.45, 7) is 6.24. The molecule has 1 saturated carbocycles. The van der Waals surface area contributed by atoms with E-state index in [1.807, 2.05) is 6.08 Å². The summed E-state index contributed by atoms with van der Waals surface area (Å²) in [5.41, 5.74) is 15.0. The maximum absolute atomic E-state index is 5.37. The molecule has 4 aromatic carbocycles. The van der Waals surface area contributed by atoms with E-state index in [2.05, 4.69) is 123 Å². The molecule has 0 radical (unpaired) electrons. The summed E-state index contributed by atoms with van der Waals surface area (Å²) in [7, 11) is 0.663. The zero-order valence-electron chi connectivity index (χ0n) is 23.3. The first-order chi connectivity index (χ1) is 20.2. The molecule has 0 saturated heterocycles. The van der Waals surface area contributed by atoms with E-state index in [9.17, 15) is 0 Å². The standard InChI is InChI=1S/C39H32NP/c1-3-9-24(4-2)29-12-8-13-31-33-23-32(33)30-19-16-28(22-34(30)37(29)31)35-20-17-26-14-15-27-18-21-36(25-10-6-5-7-11-25)41-39(27)38(26)40-35/h3,5-22,32-33,36,41H,1,4,23H2,2H3/b24-9+. The molecule has 4 unspecified atom stereocenters. The fourth-order valence-electron chi connectivity index (χ4n) is 7.04. The molecule has 1 aromatic heterocycles. The van der Waals surface area contributed by atoms with Crippen molar-refractivity contribution in [3.63, 3.8) is 0 Å². The second-order valence-corrected chi connectivity index (χ2v) is 12.9. The number of rotatable bonds is 5. The van der Waals surface area contributed by atoms with Gasteiger partial charge in [-0.05, 0) is 81.3 Å². The van der Waals surface area contributed by atoms with Crippen LogP contribution in [0.1, 0.15) is 65.1 Å². The summed E-state index contributed by atoms with van der Waals surface area (Å²) in [5, 5.41) is 2.60. The summed E-state index contributed by atoms with van der Waals surface area (Å²) in [4.78, 5) is 5.37. The summed E-state index contributed by atoms with van der Waals surface area (Å²) in [6, 6.07) is 33.8. The molecule has 2 heterocycles. The molecule has 1 nitrogen and oxygen atoms in total. The Kier molecular flexibility index (Phi) is 5.90. The minimum atomic E-state index is 0.404. The zero-order chi connectivity index (χ0) is 27.5. The molecule has 5 aromatic rings. The van der Waals surface area contributed by atoms with Gasteiger partial charge >= 0.3 is 0 Å². The van der Waals surface area contributed by atoms with Crippen LogP contribution in [0.2, 0.25) is 0 Å². The van der Waals surface area contributed by atoms with Gasteiger partial charge < -0.3 is 0 Å². The molecule has 198 valence electrons. The van der Waals surface area contributed by atoms with E-state index in [4.69, 9.17) is 4.98 Å². The summed E-state index contributed by atoms with van der Waals surface area (Å²) in [5.74, 6) is 1.30. The molecule has 4 atom stereocenters. The molecule has 8 rings (SSSR count). The number of allylic oxidation sites excluding steroid dienone is 4. The van der Waals surface area contributed by atoms with Gasteiger partial charge in [0.15, 0.2) is 0 Å². The smallest absolute Gasteiger partial charge is 0.0789 e. The van der Waals surface area contributed by atoms with Crippen molar-refractivity contribution < 1.29 is 0 Å². The molecule has 2 aliphatic carbocycles. The highest BCUT2D eigenvalue weighted by atomic mass is 31.1. The minimum absolute atomic E-state index is 0.404. The molecule has 1 fully saturated rings. The van der Waals surface area contributed by atoms with Crippen LogP contribution in [0.15, 0.2) is 116 Å². The van der Waals surface area contributed by atoms with Crippen LogP contribution < -0.4 is 5.30 Å². The Labute approximate surface area is 244 Å². The van der Waals surface area contributed by atoms with Crippen molar-refractivity contribution in [1.82, 2.24) is 4.98 Å². The quantitative estimate of drug-likeness (QED) is 0.158. The van der Waals surface area contributed by atoms with E-state index in [1.54, 1.807) is 0 Å². The predicted molar refractivity (Wildman–Crippen MR) is 177 cm³/mol. The fourth-order valence-corrected chi connectivity index (χ4v) is 8.57. The van der Waals surface area contributed by atoms with Gasteiger partial charge in [-0.15, -0.1) is 0 Å². The molecule has 0 spiro atoms. The van der Waals surface area contributed by atoms with Gasteiger partial charge in [0.2, 0.25) is 0 Å². The minimum Gasteiger partial charge on any atom is -0.247 e. The molecule has 2 heteroatoms. The summed E-state index contributed by atoms with van der Waals surface area (Å²) >= 11 is 0. The molecule has 1 aliphatic heterocycles. The highest BCUT2D eigenvalue weighted by Gasteiger charge is 2.46. The van der Waals surface area contributed by atoms with Crippen molar-refractivity contribution in [3.05, 3.63) is 144 Å². The first-order valence-electron chi connectivity index (χ1n) is 14.8. The summed E-state index contributed by atoms with van der Waals surface area (Å²) < 4.78 is 0. The molecule has 0 amide bonds. The Morgan fingerprint density at radius 2 is 1.78 bits per heavy atom. The Hall–Kier alpha value is -4.06. The van der Waals surface area contributed by atoms with Gasteiger partial charge in [-0.1, -0.05) is 125 Å². The Morgan fingerprint density at radius 3 is 2.63 bits per heavy atom. The number of pyridine rings is 1. The first-order valence-corrected chi connectivity index (χ1v) is 15.8. The maximum Gasteiger partial charge on any atom is 0.0789 e. The lowest BCUT2D eigenvalue weighted by molar-refractivity contribution is 1.00. The number of nitrogens with zero attached hydrogens (tertiary/aromatic N) is 1. The molecular formula is C39H32NP. The van der Waals surface area contributed by atoms with Crippen LogP contribution in [0, 0.1) is 0 Å². The van der Waals surface area contributed by atoms with E-state index >= 15 is 0 Å². The Morgan fingerprint density at radius 1 is 0.927 bits per heavy atom. The molecular weight excluding hydrogens is 513 g/mol. The lowest BCUT2D eigenvalue weighted by Gasteiger charge is -2.24. The van der Waals surface area contributed by atoms with Gasteiger partial charge in [0, 0.05) is 21.9 Å². The lowest BCUT2D eigenvalue weighted by atomic mass is 9.80. The highest BCUT2D eigenvalue weighted by Crippen LogP contribution is 2.63. The molecule has 41 heavy (non-hydrogen) atoms. The summed E-state index contributed by atoms with van der Waals surface area (Å²) in [6.07, 6.45) is 11.0. The van der Waals surface area contributed by atoms with Crippen molar-refractivity contribution in [2.45, 2.75) is 37.3 Å². The molecule has 0 bridgehead atoms. The normalized spacial score (nSPS) is 20.7. The second-order valence-electron chi connectivity index (χ2n) is 11.5.